The summed E-state index contributed by atoms with van der Waals surface area (Å²) < 4.78 is 9.75. The van der Waals surface area contributed by atoms with Crippen LogP contribution in [-0.4, -0.2) is 22.2 Å². The van der Waals surface area contributed by atoms with Crippen LogP contribution in [0.3, 0.4) is 0 Å². The van der Waals surface area contributed by atoms with Gasteiger partial charge in [-0.15, -0.1) is 0 Å². The fourth-order valence-electron chi connectivity index (χ4n) is 2.30. The predicted octanol–water partition coefficient (Wildman–Crippen LogP) is 3.51. The van der Waals surface area contributed by atoms with E-state index < -0.39 is 5.97 Å². The van der Waals surface area contributed by atoms with Crippen molar-refractivity contribution in [2.75, 3.05) is 6.61 Å². The second-order valence-corrected chi connectivity index (χ2v) is 5.71. The van der Waals surface area contributed by atoms with Crippen LogP contribution >= 0.6 is 0 Å². The number of azo groups is 1. The molecule has 0 amide bonds. The molecule has 1 N–H and O–H groups in total. The van der Waals surface area contributed by atoms with Crippen LogP contribution < -0.4 is 9.30 Å². The van der Waals surface area contributed by atoms with Crippen molar-refractivity contribution in [2.24, 2.45) is 17.3 Å². The molecule has 7 heteroatoms. The quantitative estimate of drug-likeness (QED) is 0.522. The number of hydrogen-bond acceptors (Lipinski definition) is 4. The van der Waals surface area contributed by atoms with Gasteiger partial charge < -0.3 is 9.84 Å². The number of benzene rings is 2. The zero-order chi connectivity index (χ0) is 18.4. The Morgan fingerprint density at radius 3 is 2.23 bits per heavy atom. The molecule has 0 saturated heterocycles. The molecule has 2 aromatic carbocycles. The third-order valence-electron chi connectivity index (χ3n) is 3.67. The summed E-state index contributed by atoms with van der Waals surface area (Å²) in [5.74, 6) is -0.193. The van der Waals surface area contributed by atoms with Gasteiger partial charge in [0.2, 0.25) is 6.33 Å². The summed E-state index contributed by atoms with van der Waals surface area (Å²) in [6.07, 6.45) is 5.97. The number of aromatic carboxylic acids is 1. The molecule has 0 radical (unpaired) electrons. The summed E-state index contributed by atoms with van der Waals surface area (Å²) in [6, 6.07) is 13.6. The number of aryl methyl sites for hydroxylation is 1. The molecule has 0 aliphatic carbocycles. The Hall–Kier alpha value is -3.48. The van der Waals surface area contributed by atoms with Crippen molar-refractivity contribution in [3.63, 3.8) is 0 Å². The molecule has 7 nitrogen and oxygen atoms in total. The van der Waals surface area contributed by atoms with Crippen LogP contribution in [0.5, 0.6) is 5.75 Å². The van der Waals surface area contributed by atoms with E-state index >= 15 is 0 Å². The van der Waals surface area contributed by atoms with Crippen LogP contribution in [-0.2, 0) is 13.6 Å². The maximum Gasteiger partial charge on any atom is 0.335 e. The third kappa shape index (κ3) is 4.76. The minimum atomic E-state index is -0.963. The number of aromatic nitrogens is 2. The molecule has 3 aromatic rings. The Labute approximate surface area is 150 Å². The monoisotopic (exact) mass is 351 g/mol. The van der Waals surface area contributed by atoms with E-state index in [2.05, 4.69) is 14.8 Å². The Morgan fingerprint density at radius 1 is 1.08 bits per heavy atom. The number of ether oxygens (including phenoxy) is 1. The maximum absolute atomic E-state index is 10.8. The van der Waals surface area contributed by atoms with Crippen molar-refractivity contribution in [3.05, 3.63) is 72.8 Å². The molecule has 26 heavy (non-hydrogen) atoms. The lowest BCUT2D eigenvalue weighted by molar-refractivity contribution is -0.671. The first-order valence-corrected chi connectivity index (χ1v) is 8.09. The van der Waals surface area contributed by atoms with Crippen molar-refractivity contribution in [3.8, 4) is 5.75 Å². The molecule has 0 unspecified atom stereocenters. The van der Waals surface area contributed by atoms with Gasteiger partial charge in [0.1, 0.15) is 31.3 Å². The molecule has 0 spiro atoms. The van der Waals surface area contributed by atoms with Gasteiger partial charge in [-0.25, -0.2) is 13.9 Å². The minimum absolute atomic E-state index is 0.221. The van der Waals surface area contributed by atoms with Gasteiger partial charge in [0.25, 0.3) is 0 Å². The number of carboxylic acids is 1. The Balaban J connectivity index is 1.52. The average molecular weight is 351 g/mol. The van der Waals surface area contributed by atoms with Crippen LogP contribution in [0.25, 0.3) is 0 Å². The number of hydrogen-bond donors (Lipinski definition) is 1. The summed E-state index contributed by atoms with van der Waals surface area (Å²) in [7, 11) is 1.98. The molecule has 0 saturated carbocycles. The lowest BCUT2D eigenvalue weighted by Crippen LogP contribution is -2.24. The molecule has 0 fully saturated rings. The van der Waals surface area contributed by atoms with Crippen LogP contribution in [0.1, 0.15) is 10.4 Å². The van der Waals surface area contributed by atoms with Crippen LogP contribution in [0.2, 0.25) is 0 Å². The summed E-state index contributed by atoms with van der Waals surface area (Å²) in [5.41, 5.74) is 1.51. The van der Waals surface area contributed by atoms with Gasteiger partial charge in [-0.2, -0.15) is 10.2 Å². The van der Waals surface area contributed by atoms with Gasteiger partial charge in [0.15, 0.2) is 0 Å². The Morgan fingerprint density at radius 2 is 1.69 bits per heavy atom. The highest BCUT2D eigenvalue weighted by molar-refractivity contribution is 5.87. The van der Waals surface area contributed by atoms with Gasteiger partial charge in [0.05, 0.1) is 24.0 Å². The summed E-state index contributed by atoms with van der Waals surface area (Å²) in [5, 5.41) is 17.1. The van der Waals surface area contributed by atoms with Crippen LogP contribution in [0, 0.1) is 0 Å². The van der Waals surface area contributed by atoms with Crippen molar-refractivity contribution >= 4 is 17.3 Å². The number of carbonyl (C=O) groups is 1. The first kappa shape index (κ1) is 17.3. The number of imidazole rings is 1. The van der Waals surface area contributed by atoms with Crippen molar-refractivity contribution < 1.29 is 19.2 Å². The van der Waals surface area contributed by atoms with E-state index in [1.807, 2.05) is 54.6 Å². The van der Waals surface area contributed by atoms with E-state index in [0.29, 0.717) is 18.0 Å². The Kier molecular flexibility index (Phi) is 5.38. The molecular weight excluding hydrogens is 332 g/mol. The average Bonchev–Trinajstić information content (AvgIpc) is 3.06. The van der Waals surface area contributed by atoms with Gasteiger partial charge in [-0.3, -0.25) is 0 Å². The second kappa shape index (κ2) is 8.06. The molecule has 0 atom stereocenters. The van der Waals surface area contributed by atoms with E-state index in [4.69, 9.17) is 9.84 Å². The molecule has 3 rings (SSSR count). The van der Waals surface area contributed by atoms with Crippen molar-refractivity contribution in [2.45, 2.75) is 6.54 Å². The first-order chi connectivity index (χ1) is 12.6. The molecule has 0 aliphatic heterocycles. The van der Waals surface area contributed by atoms with Crippen molar-refractivity contribution in [1.29, 1.82) is 0 Å². The summed E-state index contributed by atoms with van der Waals surface area (Å²) in [4.78, 5) is 10.8. The molecular formula is C19H19N4O3+. The predicted molar refractivity (Wildman–Crippen MR) is 95.1 cm³/mol. The van der Waals surface area contributed by atoms with E-state index in [1.165, 1.54) is 12.1 Å². The van der Waals surface area contributed by atoms with E-state index in [1.54, 1.807) is 12.1 Å². The zero-order valence-electron chi connectivity index (χ0n) is 14.3. The van der Waals surface area contributed by atoms with Gasteiger partial charge in [-0.1, -0.05) is 0 Å². The summed E-state index contributed by atoms with van der Waals surface area (Å²) in [6.45, 7) is 1.35. The van der Waals surface area contributed by atoms with Gasteiger partial charge in [0, 0.05) is 0 Å². The highest BCUT2D eigenvalue weighted by Crippen LogP contribution is 2.21. The number of carboxylic acid groups (broad SMARTS) is 1. The molecule has 1 aromatic heterocycles. The van der Waals surface area contributed by atoms with Crippen molar-refractivity contribution in [1.82, 2.24) is 4.57 Å². The minimum Gasteiger partial charge on any atom is -0.489 e. The SMILES string of the molecule is C[n+]1ccn(CCOc2ccc(N=Nc3ccc(C(=O)O)cc3)cc2)c1. The number of rotatable bonds is 7. The highest BCUT2D eigenvalue weighted by atomic mass is 16.5. The third-order valence-corrected chi connectivity index (χ3v) is 3.67. The fourth-order valence-corrected chi connectivity index (χ4v) is 2.30. The zero-order valence-corrected chi connectivity index (χ0v) is 14.3. The lowest BCUT2D eigenvalue weighted by Gasteiger charge is -2.04. The molecule has 0 aliphatic rings. The summed E-state index contributed by atoms with van der Waals surface area (Å²) >= 11 is 0. The lowest BCUT2D eigenvalue weighted by atomic mass is 10.2. The molecule has 132 valence electrons. The van der Waals surface area contributed by atoms with E-state index in [9.17, 15) is 4.79 Å². The van der Waals surface area contributed by atoms with Gasteiger partial charge >= 0.3 is 5.97 Å². The first-order valence-electron chi connectivity index (χ1n) is 8.09. The smallest absolute Gasteiger partial charge is 0.335 e. The largest absolute Gasteiger partial charge is 0.489 e. The standard InChI is InChI=1S/C19H18N4O3/c1-22-10-11-23(14-22)12-13-26-18-8-6-17(7-9-18)21-20-16-4-2-15(3-5-16)19(24)25/h2-11,14H,12-13H2,1H3/p+1. The van der Waals surface area contributed by atoms with Gasteiger partial charge in [-0.05, 0) is 48.5 Å². The van der Waals surface area contributed by atoms with E-state index in [-0.39, 0.29) is 5.56 Å². The second-order valence-electron chi connectivity index (χ2n) is 5.71. The topological polar surface area (TPSA) is 80.1 Å². The normalized spacial score (nSPS) is 11.0. The molecule has 0 bridgehead atoms. The highest BCUT2D eigenvalue weighted by Gasteiger charge is 2.02. The molecule has 1 heterocycles. The maximum atomic E-state index is 10.8. The Bertz CT molecular complexity index is 899. The van der Waals surface area contributed by atoms with Crippen LogP contribution in [0.15, 0.2) is 77.5 Å². The number of nitrogens with zero attached hydrogens (tertiary/aromatic N) is 4. The van der Waals surface area contributed by atoms with Crippen LogP contribution in [0.4, 0.5) is 11.4 Å². The van der Waals surface area contributed by atoms with E-state index in [0.717, 1.165) is 12.3 Å². The fraction of sp³-hybridized carbons (Fsp3) is 0.158.